The van der Waals surface area contributed by atoms with E-state index in [1.165, 1.54) is 0 Å². The summed E-state index contributed by atoms with van der Waals surface area (Å²) in [6.07, 6.45) is 1.69. The van der Waals surface area contributed by atoms with E-state index in [4.69, 9.17) is 0 Å². The number of hydrogen-bond donors (Lipinski definition) is 4. The van der Waals surface area contributed by atoms with Crippen LogP contribution in [0.4, 0.5) is 5.69 Å². The van der Waals surface area contributed by atoms with E-state index in [9.17, 15) is 9.59 Å². The van der Waals surface area contributed by atoms with Crippen LogP contribution in [0.2, 0.25) is 0 Å². The van der Waals surface area contributed by atoms with Gasteiger partial charge in [-0.25, -0.2) is 5.43 Å². The molecule has 1 aromatic carbocycles. The predicted molar refractivity (Wildman–Crippen MR) is 112 cm³/mol. The average Bonchev–Trinajstić information content (AvgIpc) is 3.09. The second-order valence-electron chi connectivity index (χ2n) is 7.05. The maximum absolute atomic E-state index is 12.6. The first-order valence-electron chi connectivity index (χ1n) is 9.20. The molecular formula is C20H24BrN5O2. The number of carbonyl (C=O) groups excluding carboxylic acids is 2. The van der Waals surface area contributed by atoms with Crippen molar-refractivity contribution in [2.24, 2.45) is 5.92 Å². The van der Waals surface area contributed by atoms with E-state index in [1.54, 1.807) is 30.5 Å². The van der Waals surface area contributed by atoms with Crippen LogP contribution in [-0.2, 0) is 11.3 Å². The first-order valence-corrected chi connectivity index (χ1v) is 10.1. The molecular weight excluding hydrogens is 422 g/mol. The Hall–Kier alpha value is -2.29. The lowest BCUT2D eigenvalue weighted by Gasteiger charge is -2.19. The van der Waals surface area contributed by atoms with Gasteiger partial charge in [-0.05, 0) is 36.2 Å². The number of benzene rings is 1. The van der Waals surface area contributed by atoms with Crippen LogP contribution in [0.25, 0.3) is 0 Å². The normalized spacial score (nSPS) is 21.5. The molecule has 7 nitrogen and oxygen atoms in total. The summed E-state index contributed by atoms with van der Waals surface area (Å²) in [6, 6.07) is 12.2. The number of aromatic nitrogens is 1. The van der Waals surface area contributed by atoms with Gasteiger partial charge in [0.1, 0.15) is 6.04 Å². The fourth-order valence-electron chi connectivity index (χ4n) is 3.03. The Labute approximate surface area is 172 Å². The van der Waals surface area contributed by atoms with Crippen LogP contribution in [0.5, 0.6) is 0 Å². The Morgan fingerprint density at radius 3 is 2.68 bits per heavy atom. The van der Waals surface area contributed by atoms with Gasteiger partial charge in [0, 0.05) is 23.5 Å². The van der Waals surface area contributed by atoms with E-state index >= 15 is 0 Å². The zero-order chi connectivity index (χ0) is 20.1. The quantitative estimate of drug-likeness (QED) is 0.511. The third-order valence-corrected chi connectivity index (χ3v) is 5.71. The fourth-order valence-corrected chi connectivity index (χ4v) is 4.15. The molecule has 3 rings (SSSR count). The van der Waals surface area contributed by atoms with E-state index in [-0.39, 0.29) is 22.7 Å². The first kappa shape index (κ1) is 20.4. The topological polar surface area (TPSA) is 95.1 Å². The highest BCUT2D eigenvalue weighted by atomic mass is 79.9. The Balaban J connectivity index is 1.60. The lowest BCUT2D eigenvalue weighted by atomic mass is 9.99. The summed E-state index contributed by atoms with van der Waals surface area (Å²) < 4.78 is 0. The van der Waals surface area contributed by atoms with Crippen molar-refractivity contribution in [2.45, 2.75) is 37.3 Å². The smallest absolute Gasteiger partial charge is 0.251 e. The Bertz CT molecular complexity index is 830. The molecule has 0 spiro atoms. The summed E-state index contributed by atoms with van der Waals surface area (Å²) in [6.45, 7) is 4.54. The third-order valence-electron chi connectivity index (χ3n) is 4.62. The van der Waals surface area contributed by atoms with Gasteiger partial charge in [0.05, 0.1) is 17.1 Å². The monoisotopic (exact) mass is 445 g/mol. The summed E-state index contributed by atoms with van der Waals surface area (Å²) in [7, 11) is 0. The van der Waals surface area contributed by atoms with Crippen molar-refractivity contribution in [3.05, 3.63) is 59.9 Å². The highest BCUT2D eigenvalue weighted by Gasteiger charge is 2.39. The van der Waals surface area contributed by atoms with Crippen molar-refractivity contribution < 1.29 is 9.59 Å². The van der Waals surface area contributed by atoms with Gasteiger partial charge in [-0.2, -0.15) is 0 Å². The van der Waals surface area contributed by atoms with Crippen LogP contribution in [0.3, 0.4) is 0 Å². The molecule has 2 aromatic rings. The number of hydrazine groups is 1. The molecule has 2 amide bonds. The maximum Gasteiger partial charge on any atom is 0.251 e. The molecule has 3 atom stereocenters. The van der Waals surface area contributed by atoms with Crippen molar-refractivity contribution in [1.82, 2.24) is 21.2 Å². The van der Waals surface area contributed by atoms with Crippen molar-refractivity contribution in [3.8, 4) is 0 Å². The van der Waals surface area contributed by atoms with Crippen LogP contribution < -0.4 is 21.5 Å². The summed E-state index contributed by atoms with van der Waals surface area (Å²) in [5, 5.41) is 5.71. The standard InChI is InChI=1S/C20H24BrN5O2/c1-12(2)17-16(21)18(26-25-17)20(28)24-14-8-5-6-13(10-14)19(27)23-11-15-7-3-4-9-22-15/h3-10,12,16-18,25-26H,11H2,1-2H3,(H,23,27)(H,24,28). The van der Waals surface area contributed by atoms with Crippen molar-refractivity contribution >= 4 is 33.4 Å². The maximum atomic E-state index is 12.6. The highest BCUT2D eigenvalue weighted by Crippen LogP contribution is 2.23. The second-order valence-corrected chi connectivity index (χ2v) is 8.11. The van der Waals surface area contributed by atoms with Gasteiger partial charge in [0.2, 0.25) is 5.91 Å². The molecule has 2 heterocycles. The number of anilines is 1. The summed E-state index contributed by atoms with van der Waals surface area (Å²) >= 11 is 3.61. The minimum Gasteiger partial charge on any atom is -0.346 e. The zero-order valence-corrected chi connectivity index (χ0v) is 17.4. The molecule has 0 radical (unpaired) electrons. The molecule has 1 aliphatic rings. The number of carbonyl (C=O) groups is 2. The molecule has 8 heteroatoms. The van der Waals surface area contributed by atoms with Crippen molar-refractivity contribution in [2.75, 3.05) is 5.32 Å². The van der Waals surface area contributed by atoms with Crippen LogP contribution >= 0.6 is 15.9 Å². The van der Waals surface area contributed by atoms with E-state index in [0.717, 1.165) is 5.69 Å². The molecule has 1 fully saturated rings. The van der Waals surface area contributed by atoms with Gasteiger partial charge in [-0.15, -0.1) is 0 Å². The number of pyridine rings is 1. The molecule has 1 aliphatic heterocycles. The number of amides is 2. The number of alkyl halides is 1. The predicted octanol–water partition coefficient (Wildman–Crippen LogP) is 2.21. The van der Waals surface area contributed by atoms with Crippen LogP contribution in [0.1, 0.15) is 29.9 Å². The number of halogens is 1. The molecule has 1 saturated heterocycles. The summed E-state index contributed by atoms with van der Waals surface area (Å²) in [4.78, 5) is 29.2. The molecule has 0 aliphatic carbocycles. The summed E-state index contributed by atoms with van der Waals surface area (Å²) in [5.41, 5.74) is 8.02. The van der Waals surface area contributed by atoms with Crippen molar-refractivity contribution in [3.63, 3.8) is 0 Å². The number of nitrogens with zero attached hydrogens (tertiary/aromatic N) is 1. The van der Waals surface area contributed by atoms with Crippen LogP contribution in [0, 0.1) is 5.92 Å². The zero-order valence-electron chi connectivity index (χ0n) is 15.8. The van der Waals surface area contributed by atoms with Gasteiger partial charge >= 0.3 is 0 Å². The first-order chi connectivity index (χ1) is 13.5. The molecule has 1 aromatic heterocycles. The molecule has 148 valence electrons. The Morgan fingerprint density at radius 1 is 1.18 bits per heavy atom. The molecule has 4 N–H and O–H groups in total. The van der Waals surface area contributed by atoms with Gasteiger partial charge in [-0.1, -0.05) is 41.9 Å². The van der Waals surface area contributed by atoms with E-state index in [1.807, 2.05) is 18.2 Å². The molecule has 0 bridgehead atoms. The van der Waals surface area contributed by atoms with E-state index in [0.29, 0.717) is 23.7 Å². The number of hydrogen-bond acceptors (Lipinski definition) is 5. The van der Waals surface area contributed by atoms with Gasteiger partial charge in [0.15, 0.2) is 0 Å². The van der Waals surface area contributed by atoms with Gasteiger partial charge < -0.3 is 10.6 Å². The molecule has 28 heavy (non-hydrogen) atoms. The minimum absolute atomic E-state index is 0.0302. The largest absolute Gasteiger partial charge is 0.346 e. The second kappa shape index (κ2) is 9.27. The van der Waals surface area contributed by atoms with Crippen molar-refractivity contribution in [1.29, 1.82) is 0 Å². The number of nitrogens with one attached hydrogen (secondary N) is 4. The SMILES string of the molecule is CC(C)C1NNC(C(=O)Nc2cccc(C(=O)NCc3ccccn3)c2)C1Br. The third kappa shape index (κ3) is 4.95. The van der Waals surface area contributed by atoms with Crippen LogP contribution in [0.15, 0.2) is 48.7 Å². The minimum atomic E-state index is -0.408. The summed E-state index contributed by atoms with van der Waals surface area (Å²) in [5.74, 6) is -0.00924. The van der Waals surface area contributed by atoms with E-state index in [2.05, 4.69) is 56.2 Å². The molecule has 0 saturated carbocycles. The van der Waals surface area contributed by atoms with E-state index < -0.39 is 6.04 Å². The van der Waals surface area contributed by atoms with Gasteiger partial charge in [-0.3, -0.25) is 20.0 Å². The highest BCUT2D eigenvalue weighted by molar-refractivity contribution is 9.09. The lowest BCUT2D eigenvalue weighted by molar-refractivity contribution is -0.117. The molecule has 3 unspecified atom stereocenters. The van der Waals surface area contributed by atoms with Gasteiger partial charge in [0.25, 0.3) is 5.91 Å². The lowest BCUT2D eigenvalue weighted by Crippen LogP contribution is -2.42. The Kier molecular flexibility index (Phi) is 6.77. The fraction of sp³-hybridized carbons (Fsp3) is 0.350. The average molecular weight is 446 g/mol. The van der Waals surface area contributed by atoms with Crippen LogP contribution in [-0.4, -0.2) is 33.7 Å². The number of rotatable bonds is 6. The Morgan fingerprint density at radius 2 is 2.00 bits per heavy atom.